The van der Waals surface area contributed by atoms with Crippen molar-refractivity contribution in [1.29, 1.82) is 0 Å². The molecule has 0 spiro atoms. The zero-order chi connectivity index (χ0) is 14.5. The normalized spacial score (nSPS) is 11.6. The first-order valence-electron chi connectivity index (χ1n) is 5.31. The third-order valence-electron chi connectivity index (χ3n) is 2.01. The van der Waals surface area contributed by atoms with E-state index in [0.29, 0.717) is 27.9 Å². The summed E-state index contributed by atoms with van der Waals surface area (Å²) in [6.07, 6.45) is -4.01. The zero-order valence-electron chi connectivity index (χ0n) is 9.77. The van der Waals surface area contributed by atoms with Gasteiger partial charge in [-0.25, -0.2) is 0 Å². The van der Waals surface area contributed by atoms with Crippen LogP contribution in [0, 0.1) is 0 Å². The molecule has 0 aliphatic heterocycles. The molecular weight excluding hydrogens is 306 g/mol. The monoisotopic (exact) mass is 317 g/mol. The molecule has 0 atom stereocenters. The maximum absolute atomic E-state index is 11.8. The molecule has 108 valence electrons. The first kappa shape index (κ1) is 16.2. The van der Waals surface area contributed by atoms with E-state index in [1.807, 2.05) is 0 Å². The molecule has 1 aromatic rings. The van der Waals surface area contributed by atoms with Crippen molar-refractivity contribution in [1.82, 2.24) is 0 Å². The molecule has 0 aliphatic carbocycles. The van der Waals surface area contributed by atoms with Gasteiger partial charge >= 0.3 is 6.18 Å². The molecule has 8 heteroatoms. The van der Waals surface area contributed by atoms with Gasteiger partial charge in [-0.1, -0.05) is 23.2 Å². The lowest BCUT2D eigenvalue weighted by atomic mass is 10.3. The summed E-state index contributed by atoms with van der Waals surface area (Å²) < 4.78 is 45.0. The van der Waals surface area contributed by atoms with E-state index in [1.165, 1.54) is 12.1 Å². The molecule has 0 saturated carbocycles. The molecule has 0 aliphatic rings. The van der Waals surface area contributed by atoms with Gasteiger partial charge in [-0.2, -0.15) is 13.2 Å². The fraction of sp³-hybridized carbons (Fsp3) is 0.455. The smallest absolute Gasteiger partial charge is 0.411 e. The Balaban J connectivity index is 2.28. The Hall–Kier alpha value is -0.850. The average molecular weight is 318 g/mol. The van der Waals surface area contributed by atoms with E-state index in [2.05, 4.69) is 4.74 Å². The van der Waals surface area contributed by atoms with Gasteiger partial charge in [-0.15, -0.1) is 0 Å². The van der Waals surface area contributed by atoms with Crippen molar-refractivity contribution in [2.75, 3.05) is 25.6 Å². The van der Waals surface area contributed by atoms with E-state index < -0.39 is 12.8 Å². The molecule has 0 aromatic heterocycles. The van der Waals surface area contributed by atoms with Crippen molar-refractivity contribution in [3.63, 3.8) is 0 Å². The second-order valence-electron chi connectivity index (χ2n) is 3.67. The third kappa shape index (κ3) is 6.22. The summed E-state index contributed by atoms with van der Waals surface area (Å²) >= 11 is 11.5. The molecule has 0 saturated heterocycles. The molecule has 0 bridgehead atoms. The van der Waals surface area contributed by atoms with Crippen LogP contribution in [0.25, 0.3) is 0 Å². The number of nitrogen functional groups attached to an aromatic ring is 1. The zero-order valence-corrected chi connectivity index (χ0v) is 11.3. The highest BCUT2D eigenvalue weighted by Gasteiger charge is 2.27. The molecule has 0 heterocycles. The molecule has 1 aromatic carbocycles. The largest absolute Gasteiger partial charge is 0.491 e. The van der Waals surface area contributed by atoms with Gasteiger partial charge in [0.05, 0.1) is 28.9 Å². The van der Waals surface area contributed by atoms with Gasteiger partial charge in [-0.05, 0) is 6.07 Å². The Bertz CT molecular complexity index is 427. The van der Waals surface area contributed by atoms with Crippen LogP contribution in [0.5, 0.6) is 5.75 Å². The lowest BCUT2D eigenvalue weighted by Crippen LogP contribution is -2.18. The van der Waals surface area contributed by atoms with Gasteiger partial charge in [0.15, 0.2) is 0 Å². The number of ether oxygens (including phenoxy) is 2. The number of rotatable bonds is 6. The van der Waals surface area contributed by atoms with Crippen molar-refractivity contribution in [3.8, 4) is 5.75 Å². The predicted octanol–water partition coefficient (Wildman–Crippen LogP) is 3.92. The number of halogens is 5. The van der Waals surface area contributed by atoms with Crippen LogP contribution < -0.4 is 10.5 Å². The second kappa shape index (κ2) is 7.07. The quantitative estimate of drug-likeness (QED) is 0.638. The van der Waals surface area contributed by atoms with E-state index in [9.17, 15) is 13.2 Å². The van der Waals surface area contributed by atoms with Crippen LogP contribution in [-0.2, 0) is 4.74 Å². The highest BCUT2D eigenvalue weighted by molar-refractivity contribution is 6.42. The molecule has 0 radical (unpaired) electrons. The van der Waals surface area contributed by atoms with Crippen molar-refractivity contribution in [3.05, 3.63) is 22.2 Å². The molecule has 1 rings (SSSR count). The van der Waals surface area contributed by atoms with Crippen LogP contribution in [0.4, 0.5) is 18.9 Å². The van der Waals surface area contributed by atoms with Crippen LogP contribution in [-0.4, -0.2) is 26.0 Å². The maximum atomic E-state index is 11.8. The number of hydrogen-bond donors (Lipinski definition) is 1. The summed E-state index contributed by atoms with van der Waals surface area (Å²) in [7, 11) is 0. The number of benzene rings is 1. The molecule has 0 fully saturated rings. The van der Waals surface area contributed by atoms with Gasteiger partial charge < -0.3 is 15.2 Å². The highest BCUT2D eigenvalue weighted by Crippen LogP contribution is 2.32. The molecule has 19 heavy (non-hydrogen) atoms. The van der Waals surface area contributed by atoms with Crippen LogP contribution >= 0.6 is 23.2 Å². The SMILES string of the molecule is Nc1cc(Cl)c(Cl)cc1OCCCOCC(F)(F)F. The van der Waals surface area contributed by atoms with Crippen molar-refractivity contribution in [2.45, 2.75) is 12.6 Å². The van der Waals surface area contributed by atoms with Gasteiger partial charge in [0.25, 0.3) is 0 Å². The number of nitrogens with two attached hydrogens (primary N) is 1. The summed E-state index contributed by atoms with van der Waals surface area (Å²) in [6, 6.07) is 2.90. The first-order valence-corrected chi connectivity index (χ1v) is 6.07. The minimum atomic E-state index is -4.31. The van der Waals surface area contributed by atoms with Gasteiger partial charge in [-0.3, -0.25) is 0 Å². The van der Waals surface area contributed by atoms with Crippen LogP contribution in [0.3, 0.4) is 0 Å². The standard InChI is InChI=1S/C11H12Cl2F3NO2/c12-7-4-9(17)10(5-8(7)13)19-3-1-2-18-6-11(14,15)16/h4-5H,1-3,6,17H2. The van der Waals surface area contributed by atoms with Gasteiger partial charge in [0.1, 0.15) is 12.4 Å². The number of hydrogen-bond acceptors (Lipinski definition) is 3. The van der Waals surface area contributed by atoms with Crippen LogP contribution in [0.1, 0.15) is 6.42 Å². The van der Waals surface area contributed by atoms with Crippen molar-refractivity contribution in [2.24, 2.45) is 0 Å². The van der Waals surface area contributed by atoms with E-state index in [0.717, 1.165) is 0 Å². The van der Waals surface area contributed by atoms with Crippen LogP contribution in [0.15, 0.2) is 12.1 Å². The molecule has 0 unspecified atom stereocenters. The Morgan fingerprint density at radius 2 is 1.74 bits per heavy atom. The van der Waals surface area contributed by atoms with E-state index in [1.54, 1.807) is 0 Å². The van der Waals surface area contributed by atoms with Crippen LogP contribution in [0.2, 0.25) is 10.0 Å². The Kier molecular flexibility index (Phi) is 6.03. The van der Waals surface area contributed by atoms with Gasteiger partial charge in [0.2, 0.25) is 0 Å². The predicted molar refractivity (Wildman–Crippen MR) is 67.9 cm³/mol. The lowest BCUT2D eigenvalue weighted by Gasteiger charge is -2.11. The number of anilines is 1. The Labute approximate surface area is 118 Å². The molecule has 2 N–H and O–H groups in total. The van der Waals surface area contributed by atoms with E-state index in [4.69, 9.17) is 33.7 Å². The Morgan fingerprint density at radius 1 is 1.11 bits per heavy atom. The minimum Gasteiger partial charge on any atom is -0.491 e. The Morgan fingerprint density at radius 3 is 2.37 bits per heavy atom. The van der Waals surface area contributed by atoms with E-state index in [-0.39, 0.29) is 13.2 Å². The third-order valence-corrected chi connectivity index (χ3v) is 2.73. The molecule has 3 nitrogen and oxygen atoms in total. The summed E-state index contributed by atoms with van der Waals surface area (Å²) in [6.45, 7) is -1.15. The minimum absolute atomic E-state index is 0.0548. The molecule has 0 amide bonds. The van der Waals surface area contributed by atoms with Crippen molar-refractivity contribution >= 4 is 28.9 Å². The summed E-state index contributed by atoms with van der Waals surface area (Å²) in [4.78, 5) is 0. The average Bonchev–Trinajstić information content (AvgIpc) is 2.28. The molecular formula is C11H12Cl2F3NO2. The maximum Gasteiger partial charge on any atom is 0.411 e. The topological polar surface area (TPSA) is 44.5 Å². The first-order chi connectivity index (χ1) is 8.79. The van der Waals surface area contributed by atoms with Crippen molar-refractivity contribution < 1.29 is 22.6 Å². The van der Waals surface area contributed by atoms with Gasteiger partial charge in [0, 0.05) is 12.5 Å². The number of alkyl halides is 3. The van der Waals surface area contributed by atoms with E-state index >= 15 is 0 Å². The summed E-state index contributed by atoms with van der Waals surface area (Å²) in [5.74, 6) is 0.338. The summed E-state index contributed by atoms with van der Waals surface area (Å²) in [5.41, 5.74) is 5.95. The fourth-order valence-corrected chi connectivity index (χ4v) is 1.53. The lowest BCUT2D eigenvalue weighted by molar-refractivity contribution is -0.174. The fourth-order valence-electron chi connectivity index (χ4n) is 1.20. The second-order valence-corrected chi connectivity index (χ2v) is 4.49. The highest BCUT2D eigenvalue weighted by atomic mass is 35.5. The summed E-state index contributed by atoms with van der Waals surface area (Å²) in [5, 5.41) is 0.596.